The van der Waals surface area contributed by atoms with Crippen molar-refractivity contribution in [1.29, 1.82) is 0 Å². The number of hydrogen-bond acceptors (Lipinski definition) is 5. The number of carbonyl (C=O) groups is 1. The van der Waals surface area contributed by atoms with E-state index in [9.17, 15) is 9.90 Å². The van der Waals surface area contributed by atoms with E-state index >= 15 is 0 Å². The zero-order chi connectivity index (χ0) is 18.7. The topological polar surface area (TPSA) is 78.6 Å². The molecule has 1 aliphatic heterocycles. The number of likely N-dealkylation sites (tertiary alicyclic amines) is 1. The Hall–Kier alpha value is -1.96. The number of hydrogen-bond donors (Lipinski definition) is 2. The molecular formula is C18H20ClN3O3S. The first-order valence-corrected chi connectivity index (χ1v) is 9.13. The third-order valence-corrected chi connectivity index (χ3v) is 4.92. The van der Waals surface area contributed by atoms with Crippen LogP contribution in [0, 0.1) is 6.92 Å². The molecule has 0 spiro atoms. The molecule has 1 saturated heterocycles. The lowest BCUT2D eigenvalue weighted by Gasteiger charge is -2.25. The molecule has 0 aliphatic carbocycles. The van der Waals surface area contributed by atoms with Crippen LogP contribution in [-0.2, 0) is 17.8 Å². The highest BCUT2D eigenvalue weighted by Crippen LogP contribution is 2.21. The summed E-state index contributed by atoms with van der Waals surface area (Å²) in [5.74, 6) is 0.488. The van der Waals surface area contributed by atoms with Crippen LogP contribution in [0.3, 0.4) is 0 Å². The third-order valence-electron chi connectivity index (χ3n) is 4.28. The van der Waals surface area contributed by atoms with Crippen molar-refractivity contribution in [2.75, 3.05) is 6.54 Å². The van der Waals surface area contributed by atoms with Gasteiger partial charge in [0.05, 0.1) is 23.2 Å². The van der Waals surface area contributed by atoms with Gasteiger partial charge in [0.25, 0.3) is 0 Å². The Morgan fingerprint density at radius 3 is 2.85 bits per heavy atom. The maximum absolute atomic E-state index is 12.6. The van der Waals surface area contributed by atoms with Crippen LogP contribution >= 0.6 is 23.8 Å². The van der Waals surface area contributed by atoms with Gasteiger partial charge in [-0.3, -0.25) is 4.79 Å². The molecule has 3 rings (SSSR count). The zero-order valence-corrected chi connectivity index (χ0v) is 15.9. The van der Waals surface area contributed by atoms with Gasteiger partial charge in [-0.05, 0) is 24.6 Å². The van der Waals surface area contributed by atoms with Gasteiger partial charge in [0.1, 0.15) is 11.8 Å². The molecule has 1 aliphatic rings. The van der Waals surface area contributed by atoms with Crippen molar-refractivity contribution < 1.29 is 14.4 Å². The number of amides is 1. The average molecular weight is 394 g/mol. The van der Waals surface area contributed by atoms with E-state index in [1.54, 1.807) is 17.0 Å². The number of benzene rings is 1. The first kappa shape index (κ1) is 18.8. The van der Waals surface area contributed by atoms with Gasteiger partial charge in [0.2, 0.25) is 5.91 Å². The molecule has 6 nitrogen and oxygen atoms in total. The van der Waals surface area contributed by atoms with Crippen LogP contribution in [0.2, 0.25) is 5.02 Å². The van der Waals surface area contributed by atoms with Crippen molar-refractivity contribution in [3.05, 3.63) is 52.4 Å². The van der Waals surface area contributed by atoms with Crippen molar-refractivity contribution in [2.45, 2.75) is 38.5 Å². The molecule has 2 atom stereocenters. The zero-order valence-electron chi connectivity index (χ0n) is 14.3. The predicted molar refractivity (Wildman–Crippen MR) is 102 cm³/mol. The van der Waals surface area contributed by atoms with E-state index in [1.165, 1.54) is 0 Å². The quantitative estimate of drug-likeness (QED) is 0.758. The van der Waals surface area contributed by atoms with Crippen molar-refractivity contribution >= 4 is 34.7 Å². The molecular weight excluding hydrogens is 374 g/mol. The lowest BCUT2D eigenvalue weighted by atomic mass is 10.1. The number of aliphatic hydroxyl groups is 1. The van der Waals surface area contributed by atoms with Crippen molar-refractivity contribution in [3.63, 3.8) is 0 Å². The van der Waals surface area contributed by atoms with E-state index in [1.807, 2.05) is 25.1 Å². The van der Waals surface area contributed by atoms with E-state index in [-0.39, 0.29) is 5.91 Å². The molecule has 26 heavy (non-hydrogen) atoms. The maximum Gasteiger partial charge on any atom is 0.243 e. The largest absolute Gasteiger partial charge is 0.391 e. The predicted octanol–water partition coefficient (Wildman–Crippen LogP) is 2.26. The fraction of sp³-hybridized carbons (Fsp3) is 0.389. The van der Waals surface area contributed by atoms with E-state index in [2.05, 4.69) is 10.5 Å². The van der Waals surface area contributed by atoms with E-state index in [0.29, 0.717) is 41.7 Å². The molecule has 2 N–H and O–H groups in total. The minimum absolute atomic E-state index is 0.160. The molecule has 2 heterocycles. The minimum Gasteiger partial charge on any atom is -0.391 e. The van der Waals surface area contributed by atoms with Crippen LogP contribution in [0.4, 0.5) is 0 Å². The fourth-order valence-corrected chi connectivity index (χ4v) is 3.47. The van der Waals surface area contributed by atoms with Gasteiger partial charge in [-0.2, -0.15) is 0 Å². The minimum atomic E-state index is -0.587. The number of aryl methyl sites for hydroxylation is 1. The van der Waals surface area contributed by atoms with Crippen LogP contribution in [0.5, 0.6) is 0 Å². The first-order chi connectivity index (χ1) is 12.4. The number of nitrogens with one attached hydrogen (secondary N) is 1. The Balaban J connectivity index is 1.61. The molecule has 1 fully saturated rings. The number of nitrogens with zero attached hydrogens (tertiary/aromatic N) is 2. The van der Waals surface area contributed by atoms with Gasteiger partial charge in [-0.15, -0.1) is 0 Å². The summed E-state index contributed by atoms with van der Waals surface area (Å²) in [6.45, 7) is 2.57. The number of carbonyl (C=O) groups excluding carboxylic acids is 1. The molecule has 1 aromatic carbocycles. The molecule has 1 aromatic heterocycles. The van der Waals surface area contributed by atoms with Gasteiger partial charge in [-0.25, -0.2) is 0 Å². The Bertz CT molecular complexity index is 793. The molecule has 2 aromatic rings. The van der Waals surface area contributed by atoms with Crippen LogP contribution in [0.15, 0.2) is 34.9 Å². The molecule has 0 bridgehead atoms. The highest BCUT2D eigenvalue weighted by Gasteiger charge is 2.37. The first-order valence-electron chi connectivity index (χ1n) is 8.34. The van der Waals surface area contributed by atoms with Gasteiger partial charge in [0.15, 0.2) is 0 Å². The van der Waals surface area contributed by atoms with Gasteiger partial charge in [0, 0.05) is 30.6 Å². The lowest BCUT2D eigenvalue weighted by molar-refractivity contribution is -0.124. The van der Waals surface area contributed by atoms with Crippen molar-refractivity contribution in [2.24, 2.45) is 0 Å². The van der Waals surface area contributed by atoms with Crippen LogP contribution in [-0.4, -0.2) is 44.7 Å². The second-order valence-electron chi connectivity index (χ2n) is 6.41. The molecule has 0 radical (unpaired) electrons. The number of aromatic nitrogens is 1. The summed E-state index contributed by atoms with van der Waals surface area (Å²) in [7, 11) is 0. The Kier molecular flexibility index (Phi) is 5.90. The molecule has 138 valence electrons. The van der Waals surface area contributed by atoms with Gasteiger partial charge in [-0.1, -0.05) is 41.1 Å². The monoisotopic (exact) mass is 393 g/mol. The van der Waals surface area contributed by atoms with E-state index < -0.39 is 12.1 Å². The molecule has 8 heteroatoms. The van der Waals surface area contributed by atoms with Gasteiger partial charge < -0.3 is 19.8 Å². The number of thiocarbonyl (C=S) groups is 1. The maximum atomic E-state index is 12.6. The van der Waals surface area contributed by atoms with Gasteiger partial charge >= 0.3 is 0 Å². The fourth-order valence-electron chi connectivity index (χ4n) is 3.00. The highest BCUT2D eigenvalue weighted by atomic mass is 35.5. The Labute approximate surface area is 162 Å². The number of aliphatic hydroxyl groups excluding tert-OH is 1. The molecule has 0 unspecified atom stereocenters. The summed E-state index contributed by atoms with van der Waals surface area (Å²) in [6.07, 6.45) is 0.141. The smallest absolute Gasteiger partial charge is 0.243 e. The summed E-state index contributed by atoms with van der Waals surface area (Å²) < 4.78 is 5.19. The summed E-state index contributed by atoms with van der Waals surface area (Å²) in [5, 5.41) is 17.4. The lowest BCUT2D eigenvalue weighted by Crippen LogP contribution is -2.45. The second kappa shape index (κ2) is 8.16. The summed E-state index contributed by atoms with van der Waals surface area (Å²) in [4.78, 5) is 14.9. The van der Waals surface area contributed by atoms with Crippen LogP contribution in [0.1, 0.15) is 23.4 Å². The standard InChI is InChI=1S/C18H20ClN3O3S/c1-11-6-15(25-21-11)8-17(26)22-10-14(23)7-16(22)18(24)20-9-12-2-4-13(19)5-3-12/h2-6,14,16,23H,7-10H2,1H3,(H,20,24)/t14-,16+/m1/s1. The van der Waals surface area contributed by atoms with Crippen molar-refractivity contribution in [3.8, 4) is 0 Å². The highest BCUT2D eigenvalue weighted by molar-refractivity contribution is 7.80. The number of halogens is 1. The second-order valence-corrected chi connectivity index (χ2v) is 7.31. The Morgan fingerprint density at radius 2 is 2.19 bits per heavy atom. The SMILES string of the molecule is Cc1cc(CC(=S)N2C[C@H](O)C[C@H]2C(=O)NCc2ccc(Cl)cc2)on1. The number of β-amino-alcohol motifs (C(OH)–C–C–N with tert-alkyl or cyclic N) is 1. The van der Waals surface area contributed by atoms with Crippen LogP contribution in [0.25, 0.3) is 0 Å². The van der Waals surface area contributed by atoms with E-state index in [0.717, 1.165) is 11.3 Å². The Morgan fingerprint density at radius 1 is 1.46 bits per heavy atom. The molecule has 0 saturated carbocycles. The van der Waals surface area contributed by atoms with Crippen LogP contribution < -0.4 is 5.32 Å². The third kappa shape index (κ3) is 4.60. The summed E-state index contributed by atoms with van der Waals surface area (Å²) in [6, 6.07) is 8.61. The number of rotatable bonds is 5. The van der Waals surface area contributed by atoms with E-state index in [4.69, 9.17) is 28.3 Å². The van der Waals surface area contributed by atoms with Crippen molar-refractivity contribution in [1.82, 2.24) is 15.4 Å². The summed E-state index contributed by atoms with van der Waals surface area (Å²) >= 11 is 11.3. The normalized spacial score (nSPS) is 19.6. The summed E-state index contributed by atoms with van der Waals surface area (Å²) in [5.41, 5.74) is 1.73. The average Bonchev–Trinajstić information content (AvgIpc) is 3.19. The molecule has 1 amide bonds.